The van der Waals surface area contributed by atoms with Crippen molar-refractivity contribution in [3.05, 3.63) is 23.8 Å². The van der Waals surface area contributed by atoms with E-state index in [4.69, 9.17) is 4.42 Å². The van der Waals surface area contributed by atoms with Gasteiger partial charge >= 0.3 is 0 Å². The zero-order valence-electron chi connectivity index (χ0n) is 6.77. The topological polar surface area (TPSA) is 38.1 Å². The molecular formula is C8H6F2N2O. The summed E-state index contributed by atoms with van der Waals surface area (Å²) in [4.78, 5) is 3.80. The first-order chi connectivity index (χ1) is 6.20. The third kappa shape index (κ3) is 1.22. The zero-order valence-corrected chi connectivity index (χ0v) is 6.77. The largest absolute Gasteiger partial charge is 0.420 e. The van der Waals surface area contributed by atoms with Crippen molar-refractivity contribution in [3.63, 3.8) is 0 Å². The molecule has 0 saturated carbocycles. The molecule has 0 spiro atoms. The van der Waals surface area contributed by atoms with Crippen molar-refractivity contribution < 1.29 is 13.2 Å². The Morgan fingerprint density at radius 3 is 2.85 bits per heavy atom. The number of oxazole rings is 1. The van der Waals surface area contributed by atoms with E-state index in [1.807, 2.05) is 0 Å². The van der Waals surface area contributed by atoms with Crippen LogP contribution in [0.15, 0.2) is 16.5 Å². The Bertz CT molecular complexity index is 453. The Kier molecular flexibility index (Phi) is 1.65. The van der Waals surface area contributed by atoms with Crippen molar-refractivity contribution in [2.75, 3.05) is 12.4 Å². The highest BCUT2D eigenvalue weighted by atomic mass is 19.1. The van der Waals surface area contributed by atoms with E-state index in [2.05, 4.69) is 10.3 Å². The molecule has 5 heteroatoms. The van der Waals surface area contributed by atoms with E-state index in [1.165, 1.54) is 0 Å². The highest BCUT2D eigenvalue weighted by Crippen LogP contribution is 2.22. The molecule has 1 aromatic heterocycles. The molecular weight excluding hydrogens is 178 g/mol. The lowest BCUT2D eigenvalue weighted by atomic mass is 10.3. The molecule has 0 amide bonds. The molecule has 0 unspecified atom stereocenters. The highest BCUT2D eigenvalue weighted by Gasteiger charge is 2.10. The number of halogens is 2. The number of nitrogens with one attached hydrogen (secondary N) is 1. The maximum absolute atomic E-state index is 13.0. The molecule has 68 valence electrons. The molecule has 0 aliphatic carbocycles. The normalized spacial score (nSPS) is 10.7. The fourth-order valence-electron chi connectivity index (χ4n) is 1.07. The quantitative estimate of drug-likeness (QED) is 0.737. The molecule has 13 heavy (non-hydrogen) atoms. The van der Waals surface area contributed by atoms with Gasteiger partial charge in [-0.2, -0.15) is 4.98 Å². The SMILES string of the molecule is CNc1nc2cc(F)cc(F)c2o1. The molecule has 0 saturated heterocycles. The van der Waals surface area contributed by atoms with Crippen LogP contribution in [0.2, 0.25) is 0 Å². The molecule has 1 aromatic carbocycles. The van der Waals surface area contributed by atoms with Gasteiger partial charge < -0.3 is 9.73 Å². The van der Waals surface area contributed by atoms with Gasteiger partial charge in [0.15, 0.2) is 11.4 Å². The van der Waals surface area contributed by atoms with Gasteiger partial charge in [0, 0.05) is 19.2 Å². The molecule has 2 rings (SSSR count). The van der Waals surface area contributed by atoms with Crippen LogP contribution in [0, 0.1) is 11.6 Å². The first kappa shape index (κ1) is 7.97. The van der Waals surface area contributed by atoms with Crippen molar-refractivity contribution in [1.29, 1.82) is 0 Å². The number of anilines is 1. The lowest BCUT2D eigenvalue weighted by molar-refractivity contribution is 0.551. The van der Waals surface area contributed by atoms with Crippen molar-refractivity contribution in [2.24, 2.45) is 0 Å². The standard InChI is InChI=1S/C8H6F2N2O/c1-11-8-12-6-3-4(9)2-5(10)7(6)13-8/h2-3H,1H3,(H,11,12). The average molecular weight is 184 g/mol. The summed E-state index contributed by atoms with van der Waals surface area (Å²) in [5.74, 6) is -1.41. The smallest absolute Gasteiger partial charge is 0.295 e. The van der Waals surface area contributed by atoms with Crippen molar-refractivity contribution >= 4 is 17.1 Å². The lowest BCUT2D eigenvalue weighted by Crippen LogP contribution is -1.85. The lowest BCUT2D eigenvalue weighted by Gasteiger charge is -1.89. The summed E-state index contributed by atoms with van der Waals surface area (Å²) in [7, 11) is 1.58. The van der Waals surface area contributed by atoms with Crippen LogP contribution in [0.3, 0.4) is 0 Å². The molecule has 0 aliphatic rings. The number of benzene rings is 1. The first-order valence-corrected chi connectivity index (χ1v) is 3.64. The summed E-state index contributed by atoms with van der Waals surface area (Å²) in [6.45, 7) is 0. The number of hydrogen-bond donors (Lipinski definition) is 1. The molecule has 0 bridgehead atoms. The molecule has 0 aliphatic heterocycles. The second-order valence-electron chi connectivity index (χ2n) is 2.50. The summed E-state index contributed by atoms with van der Waals surface area (Å²) >= 11 is 0. The molecule has 0 atom stereocenters. The van der Waals surface area contributed by atoms with Gasteiger partial charge in [0.25, 0.3) is 6.01 Å². The van der Waals surface area contributed by atoms with Gasteiger partial charge in [0.05, 0.1) is 0 Å². The van der Waals surface area contributed by atoms with Crippen molar-refractivity contribution in [2.45, 2.75) is 0 Å². The summed E-state index contributed by atoms with van der Waals surface area (Å²) in [5.41, 5.74) is 0.132. The summed E-state index contributed by atoms with van der Waals surface area (Å²) < 4.78 is 30.6. The summed E-state index contributed by atoms with van der Waals surface area (Å²) in [5, 5.41) is 2.60. The van der Waals surface area contributed by atoms with E-state index in [0.717, 1.165) is 12.1 Å². The number of fused-ring (bicyclic) bond motifs is 1. The van der Waals surface area contributed by atoms with Crippen LogP contribution in [0.1, 0.15) is 0 Å². The maximum Gasteiger partial charge on any atom is 0.295 e. The third-order valence-electron chi connectivity index (χ3n) is 1.62. The molecule has 2 aromatic rings. The van der Waals surface area contributed by atoms with Crippen molar-refractivity contribution in [3.8, 4) is 0 Å². The van der Waals surface area contributed by atoms with Gasteiger partial charge in [0.1, 0.15) is 11.3 Å². The first-order valence-electron chi connectivity index (χ1n) is 3.64. The Balaban J connectivity index is 2.75. The van der Waals surface area contributed by atoms with Crippen LogP contribution in [-0.4, -0.2) is 12.0 Å². The van der Waals surface area contributed by atoms with E-state index in [9.17, 15) is 8.78 Å². The molecule has 1 N–H and O–H groups in total. The highest BCUT2D eigenvalue weighted by molar-refractivity contribution is 5.75. The van der Waals surface area contributed by atoms with E-state index < -0.39 is 11.6 Å². The number of nitrogens with zero attached hydrogens (tertiary/aromatic N) is 1. The van der Waals surface area contributed by atoms with Gasteiger partial charge in [-0.05, 0) is 0 Å². The van der Waals surface area contributed by atoms with Crippen LogP contribution >= 0.6 is 0 Å². The Hall–Kier alpha value is -1.65. The van der Waals surface area contributed by atoms with Gasteiger partial charge in [-0.25, -0.2) is 8.78 Å². The monoisotopic (exact) mass is 184 g/mol. The minimum atomic E-state index is -0.746. The Morgan fingerprint density at radius 1 is 1.38 bits per heavy atom. The number of hydrogen-bond acceptors (Lipinski definition) is 3. The summed E-state index contributed by atoms with van der Waals surface area (Å²) in [6.07, 6.45) is 0. The predicted octanol–water partition coefficient (Wildman–Crippen LogP) is 2.15. The van der Waals surface area contributed by atoms with Crippen LogP contribution in [0.25, 0.3) is 11.1 Å². The fraction of sp³-hybridized carbons (Fsp3) is 0.125. The second-order valence-corrected chi connectivity index (χ2v) is 2.50. The fourth-order valence-corrected chi connectivity index (χ4v) is 1.07. The van der Waals surface area contributed by atoms with Crippen LogP contribution in [-0.2, 0) is 0 Å². The van der Waals surface area contributed by atoms with Crippen LogP contribution in [0.4, 0.5) is 14.8 Å². The minimum Gasteiger partial charge on any atom is -0.420 e. The molecule has 0 radical (unpaired) electrons. The predicted molar refractivity (Wildman–Crippen MR) is 43.5 cm³/mol. The third-order valence-corrected chi connectivity index (χ3v) is 1.62. The van der Waals surface area contributed by atoms with Crippen LogP contribution in [0.5, 0.6) is 0 Å². The van der Waals surface area contributed by atoms with Gasteiger partial charge in [-0.15, -0.1) is 0 Å². The maximum atomic E-state index is 13.0. The zero-order chi connectivity index (χ0) is 9.42. The van der Waals surface area contributed by atoms with Crippen molar-refractivity contribution in [1.82, 2.24) is 4.98 Å². The van der Waals surface area contributed by atoms with E-state index in [-0.39, 0.29) is 17.1 Å². The Labute approximate surface area is 72.4 Å². The Morgan fingerprint density at radius 2 is 2.15 bits per heavy atom. The van der Waals surface area contributed by atoms with E-state index in [0.29, 0.717) is 0 Å². The average Bonchev–Trinajstić information content (AvgIpc) is 2.47. The van der Waals surface area contributed by atoms with E-state index >= 15 is 0 Å². The molecule has 1 heterocycles. The van der Waals surface area contributed by atoms with Gasteiger partial charge in [-0.1, -0.05) is 0 Å². The molecule has 3 nitrogen and oxygen atoms in total. The number of rotatable bonds is 1. The van der Waals surface area contributed by atoms with Crippen LogP contribution < -0.4 is 5.32 Å². The summed E-state index contributed by atoms with van der Waals surface area (Å²) in [6, 6.07) is 2.04. The minimum absolute atomic E-state index is 0.0363. The van der Waals surface area contributed by atoms with E-state index in [1.54, 1.807) is 7.05 Å². The van der Waals surface area contributed by atoms with Gasteiger partial charge in [0.2, 0.25) is 0 Å². The molecule has 0 fully saturated rings. The number of aromatic nitrogens is 1. The second kappa shape index (κ2) is 2.69. The van der Waals surface area contributed by atoms with Gasteiger partial charge in [-0.3, -0.25) is 0 Å².